The molecule has 11 aromatic rings. The number of hydrogen-bond donors (Lipinski definition) is 0. The number of furan rings is 1. The summed E-state index contributed by atoms with van der Waals surface area (Å²) in [5.74, 6) is 0.670. The Balaban J connectivity index is 0.943. The number of nitrogens with zero attached hydrogens (tertiary/aromatic N) is 5. The summed E-state index contributed by atoms with van der Waals surface area (Å²) in [5.41, 5.74) is 12.5. The van der Waals surface area contributed by atoms with Crippen LogP contribution in [0.2, 0.25) is 0 Å². The Labute approximate surface area is 327 Å². The van der Waals surface area contributed by atoms with Crippen LogP contribution in [0.25, 0.3) is 111 Å². The van der Waals surface area contributed by atoms with Gasteiger partial charge in [0.25, 0.3) is 0 Å². The van der Waals surface area contributed by atoms with Crippen LogP contribution in [0.3, 0.4) is 0 Å². The zero-order chi connectivity index (χ0) is 37.7. The largest absolute Gasteiger partial charge is 0.434 e. The van der Waals surface area contributed by atoms with Crippen LogP contribution >= 0.6 is 0 Å². The Morgan fingerprint density at radius 2 is 0.930 bits per heavy atom. The van der Waals surface area contributed by atoms with Crippen LogP contribution in [-0.2, 0) is 0 Å². The van der Waals surface area contributed by atoms with Crippen LogP contribution < -0.4 is 0 Å². The average Bonchev–Trinajstić information content (AvgIpc) is 3.67. The molecular weight excluding hydrogens is 699 g/mol. The first-order valence-corrected chi connectivity index (χ1v) is 18.9. The first-order valence-electron chi connectivity index (χ1n) is 18.9. The maximum Gasteiger partial charge on any atom is 0.229 e. The lowest BCUT2D eigenvalue weighted by Crippen LogP contribution is -1.96. The predicted molar refractivity (Wildman–Crippen MR) is 230 cm³/mol. The van der Waals surface area contributed by atoms with Crippen molar-refractivity contribution in [3.8, 4) is 67.4 Å². The Kier molecular flexibility index (Phi) is 7.71. The second kappa shape index (κ2) is 13.5. The van der Waals surface area contributed by atoms with Crippen LogP contribution in [0.4, 0.5) is 0 Å². The fourth-order valence-corrected chi connectivity index (χ4v) is 7.67. The highest BCUT2D eigenvalue weighted by atomic mass is 16.3. The quantitative estimate of drug-likeness (QED) is 0.159. The Morgan fingerprint density at radius 3 is 1.63 bits per heavy atom. The smallest absolute Gasteiger partial charge is 0.229 e. The van der Waals surface area contributed by atoms with Crippen molar-refractivity contribution in [2.24, 2.45) is 0 Å². The van der Waals surface area contributed by atoms with Gasteiger partial charge in [-0.1, -0.05) is 146 Å². The molecule has 0 aliphatic heterocycles. The normalized spacial score (nSPS) is 11.5. The molecule has 4 heterocycles. The van der Waals surface area contributed by atoms with E-state index in [2.05, 4.69) is 145 Å². The monoisotopic (exact) mass is 729 g/mol. The molecule has 0 aliphatic rings. The number of pyridine rings is 1. The minimum Gasteiger partial charge on any atom is -0.434 e. The molecule has 0 saturated carbocycles. The summed E-state index contributed by atoms with van der Waals surface area (Å²) < 4.78 is 6.37. The minimum atomic E-state index is 0.526. The van der Waals surface area contributed by atoms with Gasteiger partial charge in [0.1, 0.15) is 17.5 Å². The fourth-order valence-electron chi connectivity index (χ4n) is 7.67. The topological polar surface area (TPSA) is 77.6 Å². The van der Waals surface area contributed by atoms with Gasteiger partial charge in [-0.25, -0.2) is 24.9 Å². The van der Waals surface area contributed by atoms with E-state index in [-0.39, 0.29) is 0 Å². The number of fused-ring (bicyclic) bond motifs is 5. The highest BCUT2D eigenvalue weighted by molar-refractivity contribution is 6.07. The maximum absolute atomic E-state index is 6.37. The molecule has 0 N–H and O–H groups in total. The molecule has 266 valence electrons. The molecule has 6 heteroatoms. The fraction of sp³-hybridized carbons (Fsp3) is 0. The van der Waals surface area contributed by atoms with Crippen LogP contribution in [0, 0.1) is 0 Å². The van der Waals surface area contributed by atoms with Crippen molar-refractivity contribution in [1.82, 2.24) is 24.9 Å². The summed E-state index contributed by atoms with van der Waals surface area (Å²) in [6.45, 7) is 0. The third kappa shape index (κ3) is 5.97. The second-order valence-corrected chi connectivity index (χ2v) is 14.2. The van der Waals surface area contributed by atoms with Gasteiger partial charge < -0.3 is 4.42 Å². The number of aromatic nitrogens is 5. The van der Waals surface area contributed by atoms with E-state index in [1.54, 1.807) is 6.33 Å². The minimum absolute atomic E-state index is 0.526. The highest BCUT2D eigenvalue weighted by Crippen LogP contribution is 2.36. The third-order valence-electron chi connectivity index (χ3n) is 10.6. The summed E-state index contributed by atoms with van der Waals surface area (Å²) >= 11 is 0. The van der Waals surface area contributed by atoms with E-state index >= 15 is 0 Å². The molecule has 0 spiro atoms. The van der Waals surface area contributed by atoms with Gasteiger partial charge in [0.05, 0.1) is 16.8 Å². The van der Waals surface area contributed by atoms with Crippen molar-refractivity contribution in [1.29, 1.82) is 0 Å². The third-order valence-corrected chi connectivity index (χ3v) is 10.6. The predicted octanol–water partition coefficient (Wildman–Crippen LogP) is 12.9. The molecule has 57 heavy (non-hydrogen) atoms. The number of benzene rings is 7. The molecule has 0 atom stereocenters. The molecule has 6 nitrogen and oxygen atoms in total. The highest BCUT2D eigenvalue weighted by Gasteiger charge is 2.18. The SMILES string of the molecule is c1ccc(-c2ccc(-c3cc(-c4ccc(-c5ncnc6c5oc5ncc(-c7ccc8cc9ccccc9cc8c7)cc56)cc4)nc(-c4ccccc4)n3)cc2)cc1. The van der Waals surface area contributed by atoms with Gasteiger partial charge in [0, 0.05) is 34.0 Å². The Bertz CT molecular complexity index is 3270. The zero-order valence-electron chi connectivity index (χ0n) is 30.5. The van der Waals surface area contributed by atoms with Crippen LogP contribution in [-0.4, -0.2) is 24.9 Å². The van der Waals surface area contributed by atoms with Gasteiger partial charge in [-0.2, -0.15) is 0 Å². The summed E-state index contributed by atoms with van der Waals surface area (Å²) in [5, 5.41) is 5.69. The Hall–Kier alpha value is -7.83. The van der Waals surface area contributed by atoms with Crippen LogP contribution in [0.15, 0.2) is 193 Å². The standard InChI is InChI=1S/C51H31N5O/c1-3-9-32(10-4-1)33-15-17-34(18-16-33)45-29-46(56-50(55-45)37-11-5-2-6-12-37)35-19-21-36(22-20-35)47-49-48(54-31-53-47)44-28-43(30-52-51(44)57-49)41-24-23-40-25-38-13-7-8-14-39(38)26-42(40)27-41/h1-31H. The first-order chi connectivity index (χ1) is 28.2. The molecule has 0 radical (unpaired) electrons. The number of rotatable bonds is 6. The van der Waals surface area contributed by atoms with Crippen LogP contribution in [0.5, 0.6) is 0 Å². The molecule has 0 fully saturated rings. The van der Waals surface area contributed by atoms with Gasteiger partial charge in [-0.15, -0.1) is 0 Å². The van der Waals surface area contributed by atoms with Crippen molar-refractivity contribution in [3.63, 3.8) is 0 Å². The van der Waals surface area contributed by atoms with Gasteiger partial charge in [0.15, 0.2) is 11.4 Å². The summed E-state index contributed by atoms with van der Waals surface area (Å²) in [7, 11) is 0. The van der Waals surface area contributed by atoms with Gasteiger partial charge >= 0.3 is 0 Å². The van der Waals surface area contributed by atoms with Gasteiger partial charge in [-0.05, 0) is 68.6 Å². The van der Waals surface area contributed by atoms with E-state index in [1.807, 2.05) is 42.6 Å². The van der Waals surface area contributed by atoms with Crippen molar-refractivity contribution in [3.05, 3.63) is 188 Å². The molecule has 11 rings (SSSR count). The average molecular weight is 730 g/mol. The van der Waals surface area contributed by atoms with Crippen molar-refractivity contribution in [2.45, 2.75) is 0 Å². The maximum atomic E-state index is 6.37. The van der Waals surface area contributed by atoms with Gasteiger partial charge in [0.2, 0.25) is 5.71 Å². The molecule has 0 bridgehead atoms. The van der Waals surface area contributed by atoms with Gasteiger partial charge in [-0.3, -0.25) is 0 Å². The van der Waals surface area contributed by atoms with E-state index in [0.717, 1.165) is 61.2 Å². The van der Waals surface area contributed by atoms with E-state index in [9.17, 15) is 0 Å². The lowest BCUT2D eigenvalue weighted by molar-refractivity contribution is 0.652. The zero-order valence-corrected chi connectivity index (χ0v) is 30.5. The summed E-state index contributed by atoms with van der Waals surface area (Å²) in [6, 6.07) is 61.0. The van der Waals surface area contributed by atoms with Crippen molar-refractivity contribution < 1.29 is 4.42 Å². The van der Waals surface area contributed by atoms with Crippen molar-refractivity contribution >= 4 is 43.7 Å². The van der Waals surface area contributed by atoms with Crippen LogP contribution in [0.1, 0.15) is 0 Å². The van der Waals surface area contributed by atoms with E-state index in [0.29, 0.717) is 22.8 Å². The molecule has 0 aliphatic carbocycles. The van der Waals surface area contributed by atoms with E-state index in [4.69, 9.17) is 24.4 Å². The molecule has 0 unspecified atom stereocenters. The summed E-state index contributed by atoms with van der Waals surface area (Å²) in [4.78, 5) is 24.2. The second-order valence-electron chi connectivity index (χ2n) is 14.2. The first kappa shape index (κ1) is 32.6. The number of hydrogen-bond acceptors (Lipinski definition) is 6. The lowest BCUT2D eigenvalue weighted by Gasteiger charge is -2.10. The molecule has 0 saturated heterocycles. The Morgan fingerprint density at radius 1 is 0.368 bits per heavy atom. The molecule has 0 amide bonds. The van der Waals surface area contributed by atoms with E-state index < -0.39 is 0 Å². The molecule has 7 aromatic carbocycles. The van der Waals surface area contributed by atoms with E-state index in [1.165, 1.54) is 27.1 Å². The summed E-state index contributed by atoms with van der Waals surface area (Å²) in [6.07, 6.45) is 3.46. The molecular formula is C51H31N5O. The lowest BCUT2D eigenvalue weighted by atomic mass is 9.99. The molecule has 4 aromatic heterocycles. The van der Waals surface area contributed by atoms with Crippen molar-refractivity contribution in [2.75, 3.05) is 0 Å².